The molecule has 6 heteroatoms. The van der Waals surface area contributed by atoms with E-state index in [2.05, 4.69) is 34.5 Å². The Kier molecular flexibility index (Phi) is 6.26. The van der Waals surface area contributed by atoms with Crippen LogP contribution in [0.1, 0.15) is 36.8 Å². The second-order valence-electron chi connectivity index (χ2n) is 7.88. The minimum Gasteiger partial charge on any atom is -0.495 e. The van der Waals surface area contributed by atoms with E-state index in [0.29, 0.717) is 5.02 Å². The summed E-state index contributed by atoms with van der Waals surface area (Å²) in [6.45, 7) is 1.74. The Morgan fingerprint density at radius 3 is 2.76 bits per heavy atom. The SMILES string of the molecule is COc1ccc(Cl)cc1NC(=N[C@H]1CCCC[C@@H]1N)N1CCc2ccccc2C1. The van der Waals surface area contributed by atoms with E-state index >= 15 is 0 Å². The first-order valence-electron chi connectivity index (χ1n) is 10.4. The number of hydrogen-bond donors (Lipinski definition) is 2. The fourth-order valence-corrected chi connectivity index (χ4v) is 4.40. The van der Waals surface area contributed by atoms with Crippen LogP contribution in [0.4, 0.5) is 5.69 Å². The van der Waals surface area contributed by atoms with Gasteiger partial charge in [0.25, 0.3) is 0 Å². The maximum atomic E-state index is 6.41. The maximum Gasteiger partial charge on any atom is 0.199 e. The van der Waals surface area contributed by atoms with E-state index in [4.69, 9.17) is 27.1 Å². The van der Waals surface area contributed by atoms with Gasteiger partial charge in [-0.3, -0.25) is 0 Å². The molecular formula is C23H29ClN4O. The number of nitrogens with two attached hydrogens (primary N) is 1. The lowest BCUT2D eigenvalue weighted by atomic mass is 9.91. The topological polar surface area (TPSA) is 62.9 Å². The summed E-state index contributed by atoms with van der Waals surface area (Å²) in [5, 5.41) is 4.18. The third-order valence-electron chi connectivity index (χ3n) is 5.91. The van der Waals surface area contributed by atoms with E-state index in [1.54, 1.807) is 7.11 Å². The van der Waals surface area contributed by atoms with Crippen LogP contribution in [0.15, 0.2) is 47.5 Å². The number of ether oxygens (including phenoxy) is 1. The summed E-state index contributed by atoms with van der Waals surface area (Å²) < 4.78 is 5.54. The standard InChI is InChI=1S/C23H29ClN4O/c1-29-22-11-10-18(24)14-21(22)27-23(26-20-9-5-4-8-19(20)25)28-13-12-16-6-2-3-7-17(16)15-28/h2-3,6-7,10-11,14,19-20H,4-5,8-9,12-13,15,25H2,1H3,(H,26,27)/t19-,20-/m0/s1. The van der Waals surface area contributed by atoms with Crippen LogP contribution in [-0.4, -0.2) is 36.6 Å². The van der Waals surface area contributed by atoms with Gasteiger partial charge in [-0.05, 0) is 48.6 Å². The monoisotopic (exact) mass is 412 g/mol. The molecule has 2 aliphatic rings. The summed E-state index contributed by atoms with van der Waals surface area (Å²) in [4.78, 5) is 7.43. The van der Waals surface area contributed by atoms with E-state index in [1.165, 1.54) is 24.0 Å². The van der Waals surface area contributed by atoms with Gasteiger partial charge in [-0.2, -0.15) is 0 Å². The van der Waals surface area contributed by atoms with Crippen molar-refractivity contribution in [3.05, 3.63) is 58.6 Å². The molecule has 1 heterocycles. The Morgan fingerprint density at radius 2 is 1.97 bits per heavy atom. The van der Waals surface area contributed by atoms with Crippen molar-refractivity contribution in [2.24, 2.45) is 10.7 Å². The third-order valence-corrected chi connectivity index (χ3v) is 6.14. The Labute approximate surface area is 177 Å². The molecule has 0 radical (unpaired) electrons. The zero-order valence-electron chi connectivity index (χ0n) is 16.9. The minimum absolute atomic E-state index is 0.110. The second-order valence-corrected chi connectivity index (χ2v) is 8.31. The predicted molar refractivity (Wildman–Crippen MR) is 120 cm³/mol. The molecule has 1 saturated carbocycles. The molecule has 1 fully saturated rings. The summed E-state index contributed by atoms with van der Waals surface area (Å²) in [7, 11) is 1.67. The van der Waals surface area contributed by atoms with Crippen LogP contribution >= 0.6 is 11.6 Å². The number of nitrogens with one attached hydrogen (secondary N) is 1. The molecule has 0 aromatic heterocycles. The van der Waals surface area contributed by atoms with Gasteiger partial charge < -0.3 is 20.7 Å². The van der Waals surface area contributed by atoms with Crippen molar-refractivity contribution in [2.75, 3.05) is 19.0 Å². The highest BCUT2D eigenvalue weighted by Gasteiger charge is 2.25. The van der Waals surface area contributed by atoms with Crippen LogP contribution in [0.2, 0.25) is 5.02 Å². The number of anilines is 1. The molecule has 154 valence electrons. The molecule has 0 amide bonds. The number of rotatable bonds is 3. The molecule has 0 bridgehead atoms. The van der Waals surface area contributed by atoms with Crippen molar-refractivity contribution in [3.8, 4) is 5.75 Å². The molecule has 2 aromatic rings. The van der Waals surface area contributed by atoms with Crippen LogP contribution in [0.3, 0.4) is 0 Å². The average Bonchev–Trinajstić information content (AvgIpc) is 2.74. The maximum absolute atomic E-state index is 6.41. The van der Waals surface area contributed by atoms with Gasteiger partial charge >= 0.3 is 0 Å². The van der Waals surface area contributed by atoms with E-state index in [9.17, 15) is 0 Å². The fourth-order valence-electron chi connectivity index (χ4n) is 4.23. The molecular weight excluding hydrogens is 384 g/mol. The van der Waals surface area contributed by atoms with Crippen LogP contribution in [0, 0.1) is 0 Å². The van der Waals surface area contributed by atoms with Gasteiger partial charge in [0.05, 0.1) is 18.8 Å². The van der Waals surface area contributed by atoms with Gasteiger partial charge in [0.1, 0.15) is 5.75 Å². The number of hydrogen-bond acceptors (Lipinski definition) is 3. The van der Waals surface area contributed by atoms with Crippen LogP contribution in [0.5, 0.6) is 5.75 Å². The highest BCUT2D eigenvalue weighted by molar-refractivity contribution is 6.31. The highest BCUT2D eigenvalue weighted by Crippen LogP contribution is 2.29. The van der Waals surface area contributed by atoms with Gasteiger partial charge in [-0.1, -0.05) is 48.7 Å². The molecule has 0 unspecified atom stereocenters. The lowest BCUT2D eigenvalue weighted by Gasteiger charge is -2.34. The minimum atomic E-state index is 0.110. The van der Waals surface area contributed by atoms with Crippen molar-refractivity contribution in [1.29, 1.82) is 0 Å². The quantitative estimate of drug-likeness (QED) is 0.577. The average molecular weight is 413 g/mol. The first-order valence-corrected chi connectivity index (χ1v) is 10.8. The molecule has 0 spiro atoms. The van der Waals surface area contributed by atoms with Crippen LogP contribution in [-0.2, 0) is 13.0 Å². The Bertz CT molecular complexity index is 885. The number of halogens is 1. The van der Waals surface area contributed by atoms with Crippen molar-refractivity contribution in [2.45, 2.75) is 50.7 Å². The molecule has 0 saturated heterocycles. The van der Waals surface area contributed by atoms with Gasteiger partial charge in [-0.25, -0.2) is 4.99 Å². The zero-order chi connectivity index (χ0) is 20.2. The van der Waals surface area contributed by atoms with E-state index in [-0.39, 0.29) is 12.1 Å². The molecule has 1 aliphatic heterocycles. The second kappa shape index (κ2) is 9.06. The largest absolute Gasteiger partial charge is 0.495 e. The summed E-state index contributed by atoms with van der Waals surface area (Å²) in [6, 6.07) is 14.5. The summed E-state index contributed by atoms with van der Waals surface area (Å²) >= 11 is 6.26. The number of benzene rings is 2. The Balaban J connectivity index is 1.65. The number of aliphatic imine (C=N–C) groups is 1. The first-order chi connectivity index (χ1) is 14.1. The van der Waals surface area contributed by atoms with E-state index in [1.807, 2.05) is 18.2 Å². The summed E-state index contributed by atoms with van der Waals surface area (Å²) in [5.74, 6) is 1.59. The molecule has 29 heavy (non-hydrogen) atoms. The number of fused-ring (bicyclic) bond motifs is 1. The third kappa shape index (κ3) is 4.68. The molecule has 5 nitrogen and oxygen atoms in total. The van der Waals surface area contributed by atoms with Crippen LogP contribution in [0.25, 0.3) is 0 Å². The Morgan fingerprint density at radius 1 is 1.17 bits per heavy atom. The van der Waals surface area contributed by atoms with E-state index < -0.39 is 0 Å². The lowest BCUT2D eigenvalue weighted by molar-refractivity contribution is 0.363. The molecule has 2 aromatic carbocycles. The predicted octanol–water partition coefficient (Wildman–Crippen LogP) is 4.44. The van der Waals surface area contributed by atoms with Crippen molar-refractivity contribution in [3.63, 3.8) is 0 Å². The normalized spacial score (nSPS) is 22.2. The summed E-state index contributed by atoms with van der Waals surface area (Å²) in [5.41, 5.74) is 9.99. The van der Waals surface area contributed by atoms with Gasteiger partial charge in [0, 0.05) is 24.2 Å². The van der Waals surface area contributed by atoms with Crippen molar-refractivity contribution >= 4 is 23.2 Å². The van der Waals surface area contributed by atoms with E-state index in [0.717, 1.165) is 49.7 Å². The summed E-state index contributed by atoms with van der Waals surface area (Å²) in [6.07, 6.45) is 5.43. The number of guanidine groups is 1. The Hall–Kier alpha value is -2.24. The van der Waals surface area contributed by atoms with Gasteiger partial charge in [0.2, 0.25) is 0 Å². The highest BCUT2D eigenvalue weighted by atomic mass is 35.5. The lowest BCUT2D eigenvalue weighted by Crippen LogP contribution is -2.43. The zero-order valence-corrected chi connectivity index (χ0v) is 17.7. The number of methoxy groups -OCH3 is 1. The van der Waals surface area contributed by atoms with Crippen molar-refractivity contribution < 1.29 is 4.74 Å². The molecule has 2 atom stereocenters. The molecule has 4 rings (SSSR count). The van der Waals surface area contributed by atoms with Crippen LogP contribution < -0.4 is 15.8 Å². The smallest absolute Gasteiger partial charge is 0.199 e. The fraction of sp³-hybridized carbons (Fsp3) is 0.435. The first kappa shape index (κ1) is 20.0. The van der Waals surface area contributed by atoms with Crippen molar-refractivity contribution in [1.82, 2.24) is 4.90 Å². The molecule has 3 N–H and O–H groups in total. The van der Waals surface area contributed by atoms with Gasteiger partial charge in [-0.15, -0.1) is 0 Å². The molecule has 1 aliphatic carbocycles. The number of nitrogens with zero attached hydrogens (tertiary/aromatic N) is 2. The van der Waals surface area contributed by atoms with Gasteiger partial charge in [0.15, 0.2) is 5.96 Å².